The molecule has 112 valence electrons. The van der Waals surface area contributed by atoms with E-state index in [-0.39, 0.29) is 5.91 Å². The molecule has 0 spiro atoms. The summed E-state index contributed by atoms with van der Waals surface area (Å²) in [6.45, 7) is 1.85. The van der Waals surface area contributed by atoms with Gasteiger partial charge in [-0.05, 0) is 55.5 Å². The van der Waals surface area contributed by atoms with E-state index in [0.29, 0.717) is 11.4 Å². The first-order valence-electron chi connectivity index (χ1n) is 7.46. The Morgan fingerprint density at radius 2 is 1.61 bits per heavy atom. The fraction of sp³-hybridized carbons (Fsp3) is 0.0526. The SMILES string of the molecule is Cc1nc2ccccc2n1C(=O)c1ccc(-n2cccc2)cc1. The highest BCUT2D eigenvalue weighted by Crippen LogP contribution is 2.18. The van der Waals surface area contributed by atoms with Gasteiger partial charge in [-0.3, -0.25) is 9.36 Å². The lowest BCUT2D eigenvalue weighted by atomic mass is 10.2. The predicted molar refractivity (Wildman–Crippen MR) is 90.0 cm³/mol. The van der Waals surface area contributed by atoms with E-state index in [2.05, 4.69) is 4.98 Å². The lowest BCUT2D eigenvalue weighted by Gasteiger charge is -2.07. The maximum atomic E-state index is 12.9. The van der Waals surface area contributed by atoms with Crippen LogP contribution in [0.1, 0.15) is 16.2 Å². The number of aromatic nitrogens is 3. The Balaban J connectivity index is 1.75. The third-order valence-corrected chi connectivity index (χ3v) is 3.95. The second-order valence-corrected chi connectivity index (χ2v) is 5.43. The molecule has 0 saturated heterocycles. The largest absolute Gasteiger partial charge is 0.324 e. The van der Waals surface area contributed by atoms with Crippen molar-refractivity contribution in [2.24, 2.45) is 0 Å². The molecule has 0 saturated carbocycles. The average molecular weight is 301 g/mol. The van der Waals surface area contributed by atoms with Crippen LogP contribution in [0.15, 0.2) is 73.1 Å². The number of carbonyl (C=O) groups is 1. The minimum atomic E-state index is -0.0599. The first-order chi connectivity index (χ1) is 11.2. The maximum absolute atomic E-state index is 12.9. The Kier molecular flexibility index (Phi) is 3.08. The third kappa shape index (κ3) is 2.25. The van der Waals surface area contributed by atoms with E-state index in [4.69, 9.17) is 0 Å². The monoisotopic (exact) mass is 301 g/mol. The zero-order valence-electron chi connectivity index (χ0n) is 12.7. The molecule has 0 aliphatic rings. The summed E-state index contributed by atoms with van der Waals surface area (Å²) < 4.78 is 3.67. The van der Waals surface area contributed by atoms with Crippen molar-refractivity contribution in [1.82, 2.24) is 14.1 Å². The van der Waals surface area contributed by atoms with E-state index in [0.717, 1.165) is 16.7 Å². The van der Waals surface area contributed by atoms with Gasteiger partial charge in [0.1, 0.15) is 5.82 Å². The molecule has 0 fully saturated rings. The van der Waals surface area contributed by atoms with Crippen LogP contribution in [0.5, 0.6) is 0 Å². The van der Waals surface area contributed by atoms with Gasteiger partial charge in [0.2, 0.25) is 0 Å². The highest BCUT2D eigenvalue weighted by atomic mass is 16.2. The van der Waals surface area contributed by atoms with Gasteiger partial charge in [-0.15, -0.1) is 0 Å². The fourth-order valence-electron chi connectivity index (χ4n) is 2.81. The van der Waals surface area contributed by atoms with Gasteiger partial charge in [-0.1, -0.05) is 12.1 Å². The van der Waals surface area contributed by atoms with Crippen LogP contribution in [-0.4, -0.2) is 20.0 Å². The van der Waals surface area contributed by atoms with Gasteiger partial charge < -0.3 is 4.57 Å². The lowest BCUT2D eigenvalue weighted by molar-refractivity contribution is 0.0962. The van der Waals surface area contributed by atoms with Crippen molar-refractivity contribution in [1.29, 1.82) is 0 Å². The molecule has 0 radical (unpaired) electrons. The molecule has 0 amide bonds. The summed E-state index contributed by atoms with van der Waals surface area (Å²) >= 11 is 0. The molecule has 2 aromatic heterocycles. The quantitative estimate of drug-likeness (QED) is 0.564. The van der Waals surface area contributed by atoms with Crippen LogP contribution in [0, 0.1) is 6.92 Å². The lowest BCUT2D eigenvalue weighted by Crippen LogP contribution is -2.13. The summed E-state index contributed by atoms with van der Waals surface area (Å²) in [5.41, 5.74) is 3.35. The molecule has 4 rings (SSSR count). The van der Waals surface area contributed by atoms with Gasteiger partial charge in [0.05, 0.1) is 11.0 Å². The molecule has 0 atom stereocenters. The molecule has 0 unspecified atom stereocenters. The number of carbonyl (C=O) groups excluding carboxylic acids is 1. The summed E-state index contributed by atoms with van der Waals surface area (Å²) in [6.07, 6.45) is 3.95. The summed E-state index contributed by atoms with van der Waals surface area (Å²) in [4.78, 5) is 17.3. The second-order valence-electron chi connectivity index (χ2n) is 5.43. The number of benzene rings is 2. The van der Waals surface area contributed by atoms with Gasteiger partial charge >= 0.3 is 0 Å². The summed E-state index contributed by atoms with van der Waals surface area (Å²) in [6, 6.07) is 19.2. The minimum Gasteiger partial charge on any atom is -0.324 e. The highest BCUT2D eigenvalue weighted by molar-refractivity contribution is 6.01. The van der Waals surface area contributed by atoms with E-state index in [1.807, 2.05) is 84.5 Å². The average Bonchev–Trinajstić information content (AvgIpc) is 3.21. The van der Waals surface area contributed by atoms with Crippen LogP contribution in [0.2, 0.25) is 0 Å². The van der Waals surface area contributed by atoms with Crippen LogP contribution >= 0.6 is 0 Å². The Hall–Kier alpha value is -3.14. The van der Waals surface area contributed by atoms with Crippen molar-refractivity contribution in [3.8, 4) is 5.69 Å². The van der Waals surface area contributed by atoms with Crippen molar-refractivity contribution in [2.45, 2.75) is 6.92 Å². The standard InChI is InChI=1S/C19H15N3O/c1-14-20-17-6-2-3-7-18(17)22(14)19(23)15-8-10-16(11-9-15)21-12-4-5-13-21/h2-13H,1H3. The van der Waals surface area contributed by atoms with Gasteiger partial charge in [-0.25, -0.2) is 4.98 Å². The van der Waals surface area contributed by atoms with Crippen LogP contribution in [0.3, 0.4) is 0 Å². The number of fused-ring (bicyclic) bond motifs is 1. The Morgan fingerprint density at radius 1 is 0.913 bits per heavy atom. The summed E-state index contributed by atoms with van der Waals surface area (Å²) in [5.74, 6) is 0.640. The molecule has 23 heavy (non-hydrogen) atoms. The molecular formula is C19H15N3O. The number of hydrogen-bond acceptors (Lipinski definition) is 2. The van der Waals surface area contributed by atoms with E-state index in [1.165, 1.54) is 0 Å². The zero-order chi connectivity index (χ0) is 15.8. The number of imidazole rings is 1. The summed E-state index contributed by atoms with van der Waals surface area (Å²) in [5, 5.41) is 0. The Bertz CT molecular complexity index is 979. The van der Waals surface area contributed by atoms with E-state index >= 15 is 0 Å². The minimum absolute atomic E-state index is 0.0599. The fourth-order valence-corrected chi connectivity index (χ4v) is 2.81. The second kappa shape index (κ2) is 5.25. The van der Waals surface area contributed by atoms with E-state index in [1.54, 1.807) is 4.57 Å². The Morgan fingerprint density at radius 3 is 2.35 bits per heavy atom. The molecule has 0 aliphatic heterocycles. The molecule has 2 aromatic carbocycles. The predicted octanol–water partition coefficient (Wildman–Crippen LogP) is 3.82. The van der Waals surface area contributed by atoms with Crippen LogP contribution in [0.25, 0.3) is 16.7 Å². The third-order valence-electron chi connectivity index (χ3n) is 3.95. The molecule has 4 nitrogen and oxygen atoms in total. The topological polar surface area (TPSA) is 39.8 Å². The van der Waals surface area contributed by atoms with Crippen molar-refractivity contribution in [3.63, 3.8) is 0 Å². The number of aryl methyl sites for hydroxylation is 1. The van der Waals surface area contributed by atoms with Crippen LogP contribution in [0.4, 0.5) is 0 Å². The summed E-state index contributed by atoms with van der Waals surface area (Å²) in [7, 11) is 0. The molecule has 0 bridgehead atoms. The molecule has 4 aromatic rings. The van der Waals surface area contributed by atoms with E-state index < -0.39 is 0 Å². The molecular weight excluding hydrogens is 286 g/mol. The van der Waals surface area contributed by atoms with Crippen molar-refractivity contribution >= 4 is 16.9 Å². The van der Waals surface area contributed by atoms with Crippen LogP contribution in [-0.2, 0) is 0 Å². The number of nitrogens with zero attached hydrogens (tertiary/aromatic N) is 3. The van der Waals surface area contributed by atoms with Gasteiger partial charge in [0.25, 0.3) is 5.91 Å². The molecule has 4 heteroatoms. The number of hydrogen-bond donors (Lipinski definition) is 0. The van der Waals surface area contributed by atoms with Crippen molar-refractivity contribution < 1.29 is 4.79 Å². The number of rotatable bonds is 2. The Labute approximate surface area is 133 Å². The number of para-hydroxylation sites is 2. The normalized spacial score (nSPS) is 11.0. The maximum Gasteiger partial charge on any atom is 0.263 e. The molecule has 0 aliphatic carbocycles. The molecule has 2 heterocycles. The van der Waals surface area contributed by atoms with Crippen molar-refractivity contribution in [2.75, 3.05) is 0 Å². The first-order valence-corrected chi connectivity index (χ1v) is 7.46. The van der Waals surface area contributed by atoms with Gasteiger partial charge in [0, 0.05) is 23.6 Å². The van der Waals surface area contributed by atoms with Gasteiger partial charge in [0.15, 0.2) is 0 Å². The highest BCUT2D eigenvalue weighted by Gasteiger charge is 2.15. The zero-order valence-corrected chi connectivity index (χ0v) is 12.7. The molecule has 0 N–H and O–H groups in total. The first kappa shape index (κ1) is 13.5. The van der Waals surface area contributed by atoms with Crippen LogP contribution < -0.4 is 0 Å². The van der Waals surface area contributed by atoms with Gasteiger partial charge in [-0.2, -0.15) is 0 Å². The smallest absolute Gasteiger partial charge is 0.263 e. The van der Waals surface area contributed by atoms with E-state index in [9.17, 15) is 4.79 Å². The van der Waals surface area contributed by atoms with Crippen molar-refractivity contribution in [3.05, 3.63) is 84.4 Å².